The van der Waals surface area contributed by atoms with E-state index in [-0.39, 0.29) is 11.9 Å². The van der Waals surface area contributed by atoms with E-state index in [9.17, 15) is 9.59 Å². The minimum absolute atomic E-state index is 0.155. The number of ether oxygens (including phenoxy) is 1. The molecule has 0 saturated heterocycles. The summed E-state index contributed by atoms with van der Waals surface area (Å²) in [5.41, 5.74) is 2.57. The minimum Gasteiger partial charge on any atom is -0.465 e. The molecule has 3 rings (SSSR count). The Bertz CT molecular complexity index is 759. The Labute approximate surface area is 138 Å². The summed E-state index contributed by atoms with van der Waals surface area (Å²) in [5.74, 6) is -0.540. The molecule has 2 aromatic rings. The summed E-state index contributed by atoms with van der Waals surface area (Å²) in [6.07, 6.45) is 2.99. The molecule has 0 radical (unpaired) electrons. The Balaban J connectivity index is 2.00. The van der Waals surface area contributed by atoms with Gasteiger partial charge in [0.15, 0.2) is 0 Å². The van der Waals surface area contributed by atoms with Gasteiger partial charge in [0, 0.05) is 18.4 Å². The highest BCUT2D eigenvalue weighted by Crippen LogP contribution is 2.31. The lowest BCUT2D eigenvalue weighted by Crippen LogP contribution is -2.36. The van der Waals surface area contributed by atoms with E-state index >= 15 is 0 Å². The van der Waals surface area contributed by atoms with Gasteiger partial charge in [0.25, 0.3) is 5.91 Å². The molecule has 0 fully saturated rings. The predicted octanol–water partition coefficient (Wildman–Crippen LogP) is 3.11. The Morgan fingerprint density at radius 3 is 2.78 bits per heavy atom. The van der Waals surface area contributed by atoms with E-state index in [0.29, 0.717) is 22.8 Å². The molecule has 118 valence electrons. The predicted molar refractivity (Wildman–Crippen MR) is 87.0 cm³/mol. The fourth-order valence-corrected chi connectivity index (χ4v) is 2.91. The van der Waals surface area contributed by atoms with Gasteiger partial charge in [-0.2, -0.15) is 0 Å². The molecule has 0 bridgehead atoms. The van der Waals surface area contributed by atoms with Crippen LogP contribution in [0.4, 0.5) is 5.69 Å². The first-order chi connectivity index (χ1) is 11.1. The number of amides is 1. The summed E-state index contributed by atoms with van der Waals surface area (Å²) < 4.78 is 4.83. The standard InChI is InChI=1S/C17H15ClN2O3/c1-23-17(22)13-4-2-6-14-12(13)5-3-9-20(14)16(21)11-7-8-15(18)19-10-11/h2,4,6-8,10H,3,5,9H2,1H3. The van der Waals surface area contributed by atoms with Crippen molar-refractivity contribution in [2.24, 2.45) is 0 Å². The molecule has 2 heterocycles. The van der Waals surface area contributed by atoms with Gasteiger partial charge in [-0.15, -0.1) is 0 Å². The molecule has 0 spiro atoms. The first-order valence-corrected chi connectivity index (χ1v) is 7.63. The van der Waals surface area contributed by atoms with Gasteiger partial charge in [-0.05, 0) is 42.7 Å². The van der Waals surface area contributed by atoms with Crippen LogP contribution in [-0.2, 0) is 11.2 Å². The first kappa shape index (κ1) is 15.5. The highest BCUT2D eigenvalue weighted by atomic mass is 35.5. The van der Waals surface area contributed by atoms with Gasteiger partial charge in [-0.1, -0.05) is 17.7 Å². The van der Waals surface area contributed by atoms with Crippen LogP contribution in [0.1, 0.15) is 32.7 Å². The van der Waals surface area contributed by atoms with Crippen LogP contribution in [0.15, 0.2) is 36.5 Å². The van der Waals surface area contributed by atoms with Crippen LogP contribution in [0.3, 0.4) is 0 Å². The molecular weight excluding hydrogens is 316 g/mol. The largest absolute Gasteiger partial charge is 0.465 e. The second-order valence-electron chi connectivity index (χ2n) is 5.22. The fourth-order valence-electron chi connectivity index (χ4n) is 2.79. The number of carbonyl (C=O) groups is 2. The molecule has 0 atom stereocenters. The van der Waals surface area contributed by atoms with Crippen LogP contribution in [-0.4, -0.2) is 30.5 Å². The van der Waals surface area contributed by atoms with Crippen molar-refractivity contribution >= 4 is 29.2 Å². The van der Waals surface area contributed by atoms with Gasteiger partial charge in [-0.3, -0.25) is 4.79 Å². The van der Waals surface area contributed by atoms with E-state index in [0.717, 1.165) is 24.1 Å². The van der Waals surface area contributed by atoms with Crippen molar-refractivity contribution in [3.63, 3.8) is 0 Å². The van der Waals surface area contributed by atoms with Crippen LogP contribution < -0.4 is 4.90 Å². The number of rotatable bonds is 2. The number of hydrogen-bond acceptors (Lipinski definition) is 4. The maximum absolute atomic E-state index is 12.8. The molecule has 6 heteroatoms. The average molecular weight is 331 g/mol. The molecule has 1 aromatic heterocycles. The van der Waals surface area contributed by atoms with E-state index in [1.807, 2.05) is 6.07 Å². The van der Waals surface area contributed by atoms with Crippen LogP contribution in [0.25, 0.3) is 0 Å². The Kier molecular flexibility index (Phi) is 4.30. The zero-order chi connectivity index (χ0) is 16.4. The van der Waals surface area contributed by atoms with Gasteiger partial charge in [-0.25, -0.2) is 9.78 Å². The summed E-state index contributed by atoms with van der Waals surface area (Å²) >= 11 is 5.77. The summed E-state index contributed by atoms with van der Waals surface area (Å²) in [6, 6.07) is 8.57. The molecular formula is C17H15ClN2O3. The van der Waals surface area contributed by atoms with Crippen molar-refractivity contribution in [1.82, 2.24) is 4.98 Å². The Hall–Kier alpha value is -2.40. The van der Waals surface area contributed by atoms with Crippen molar-refractivity contribution in [2.75, 3.05) is 18.6 Å². The second kappa shape index (κ2) is 6.38. The van der Waals surface area contributed by atoms with E-state index in [4.69, 9.17) is 16.3 Å². The maximum atomic E-state index is 12.8. The SMILES string of the molecule is COC(=O)c1cccc2c1CCCN2C(=O)c1ccc(Cl)nc1. The van der Waals surface area contributed by atoms with Crippen LogP contribution in [0, 0.1) is 0 Å². The van der Waals surface area contributed by atoms with Crippen LogP contribution >= 0.6 is 11.6 Å². The van der Waals surface area contributed by atoms with Crippen LogP contribution in [0.2, 0.25) is 5.15 Å². The van der Waals surface area contributed by atoms with Crippen molar-refractivity contribution < 1.29 is 14.3 Å². The van der Waals surface area contributed by atoms with Crippen molar-refractivity contribution in [3.05, 3.63) is 58.4 Å². The third kappa shape index (κ3) is 2.92. The first-order valence-electron chi connectivity index (χ1n) is 7.25. The molecule has 5 nitrogen and oxygen atoms in total. The van der Waals surface area contributed by atoms with E-state index < -0.39 is 0 Å². The summed E-state index contributed by atoms with van der Waals surface area (Å²) in [5, 5.41) is 0.341. The lowest BCUT2D eigenvalue weighted by atomic mass is 9.95. The van der Waals surface area contributed by atoms with E-state index in [2.05, 4.69) is 4.98 Å². The molecule has 1 aliphatic rings. The molecule has 1 amide bonds. The van der Waals surface area contributed by atoms with Gasteiger partial charge in [0.2, 0.25) is 0 Å². The number of anilines is 1. The highest BCUT2D eigenvalue weighted by Gasteiger charge is 2.27. The van der Waals surface area contributed by atoms with Crippen molar-refractivity contribution in [3.8, 4) is 0 Å². The number of esters is 1. The van der Waals surface area contributed by atoms with E-state index in [1.165, 1.54) is 13.3 Å². The van der Waals surface area contributed by atoms with E-state index in [1.54, 1.807) is 29.2 Å². The number of halogens is 1. The van der Waals surface area contributed by atoms with Crippen molar-refractivity contribution in [2.45, 2.75) is 12.8 Å². The monoisotopic (exact) mass is 330 g/mol. The van der Waals surface area contributed by atoms with Crippen LogP contribution in [0.5, 0.6) is 0 Å². The number of carbonyl (C=O) groups excluding carboxylic acids is 2. The highest BCUT2D eigenvalue weighted by molar-refractivity contribution is 6.29. The fraction of sp³-hybridized carbons (Fsp3) is 0.235. The zero-order valence-corrected chi connectivity index (χ0v) is 13.3. The molecule has 0 N–H and O–H groups in total. The number of hydrogen-bond donors (Lipinski definition) is 0. The number of aromatic nitrogens is 1. The Morgan fingerprint density at radius 2 is 2.09 bits per heavy atom. The topological polar surface area (TPSA) is 59.5 Å². The number of benzene rings is 1. The van der Waals surface area contributed by atoms with Crippen molar-refractivity contribution in [1.29, 1.82) is 0 Å². The lowest BCUT2D eigenvalue weighted by molar-refractivity contribution is 0.0599. The molecule has 23 heavy (non-hydrogen) atoms. The molecule has 0 unspecified atom stereocenters. The molecule has 0 aliphatic carbocycles. The third-order valence-electron chi connectivity index (χ3n) is 3.88. The molecule has 1 aliphatic heterocycles. The Morgan fingerprint density at radius 1 is 1.26 bits per heavy atom. The smallest absolute Gasteiger partial charge is 0.338 e. The maximum Gasteiger partial charge on any atom is 0.338 e. The van der Waals surface area contributed by atoms with Gasteiger partial charge >= 0.3 is 5.97 Å². The number of fused-ring (bicyclic) bond motifs is 1. The number of methoxy groups -OCH3 is 1. The third-order valence-corrected chi connectivity index (χ3v) is 4.10. The number of pyridine rings is 1. The summed E-state index contributed by atoms with van der Waals surface area (Å²) in [6.45, 7) is 0.596. The zero-order valence-electron chi connectivity index (χ0n) is 12.6. The minimum atomic E-state index is -0.385. The quantitative estimate of drug-likeness (QED) is 0.627. The second-order valence-corrected chi connectivity index (χ2v) is 5.61. The number of nitrogens with zero attached hydrogens (tertiary/aromatic N) is 2. The lowest BCUT2D eigenvalue weighted by Gasteiger charge is -2.30. The normalized spacial score (nSPS) is 13.4. The summed E-state index contributed by atoms with van der Waals surface area (Å²) in [7, 11) is 1.35. The van der Waals surface area contributed by atoms with Gasteiger partial charge < -0.3 is 9.64 Å². The molecule has 0 saturated carbocycles. The molecule has 1 aromatic carbocycles. The van der Waals surface area contributed by atoms with Gasteiger partial charge in [0.1, 0.15) is 5.15 Å². The average Bonchev–Trinajstić information content (AvgIpc) is 2.60. The van der Waals surface area contributed by atoms with Gasteiger partial charge in [0.05, 0.1) is 18.2 Å². The summed E-state index contributed by atoms with van der Waals surface area (Å²) in [4.78, 5) is 30.3.